The number of nitrogens with zero attached hydrogens (tertiary/aromatic N) is 3. The van der Waals surface area contributed by atoms with E-state index in [0.717, 1.165) is 43.8 Å². The third-order valence-electron chi connectivity index (χ3n) is 6.31. The molecular formula is C23H39N5O. The molecule has 1 unspecified atom stereocenters. The lowest BCUT2D eigenvalue weighted by Crippen LogP contribution is -2.41. The Balaban J connectivity index is 1.32. The zero-order valence-corrected chi connectivity index (χ0v) is 18.5. The minimum Gasteiger partial charge on any atom is -0.497 e. The highest BCUT2D eigenvalue weighted by Gasteiger charge is 2.23. The van der Waals surface area contributed by atoms with Crippen LogP contribution < -0.4 is 20.3 Å². The van der Waals surface area contributed by atoms with E-state index in [1.165, 1.54) is 51.0 Å². The molecule has 6 heteroatoms. The van der Waals surface area contributed by atoms with E-state index in [1.807, 2.05) is 13.1 Å². The van der Waals surface area contributed by atoms with E-state index in [0.29, 0.717) is 5.92 Å². The van der Waals surface area contributed by atoms with Crippen molar-refractivity contribution in [1.29, 1.82) is 0 Å². The number of aliphatic imine (C=N–C) groups is 1. The zero-order chi connectivity index (χ0) is 20.5. The van der Waals surface area contributed by atoms with E-state index < -0.39 is 0 Å². The van der Waals surface area contributed by atoms with Gasteiger partial charge in [0.2, 0.25) is 0 Å². The predicted octanol–water partition coefficient (Wildman–Crippen LogP) is 2.81. The van der Waals surface area contributed by atoms with Gasteiger partial charge in [0.1, 0.15) is 5.75 Å². The fourth-order valence-corrected chi connectivity index (χ4v) is 4.30. The molecule has 6 nitrogen and oxygen atoms in total. The van der Waals surface area contributed by atoms with Crippen molar-refractivity contribution in [3.63, 3.8) is 0 Å². The monoisotopic (exact) mass is 401 g/mol. The Morgan fingerprint density at radius 2 is 2.00 bits per heavy atom. The Bertz CT molecular complexity index is 642. The molecule has 0 spiro atoms. The van der Waals surface area contributed by atoms with Gasteiger partial charge in [-0.2, -0.15) is 0 Å². The minimum absolute atomic E-state index is 0.634. The molecule has 2 fully saturated rings. The number of piperidine rings is 1. The van der Waals surface area contributed by atoms with Crippen LogP contribution in [0.2, 0.25) is 0 Å². The van der Waals surface area contributed by atoms with Gasteiger partial charge in [-0.15, -0.1) is 0 Å². The summed E-state index contributed by atoms with van der Waals surface area (Å²) in [5.74, 6) is 3.39. The van der Waals surface area contributed by atoms with Crippen molar-refractivity contribution < 1.29 is 4.74 Å². The van der Waals surface area contributed by atoms with Gasteiger partial charge < -0.3 is 25.2 Å². The molecule has 0 bridgehead atoms. The van der Waals surface area contributed by atoms with Crippen LogP contribution in [0.25, 0.3) is 0 Å². The predicted molar refractivity (Wildman–Crippen MR) is 122 cm³/mol. The average molecular weight is 402 g/mol. The second-order valence-electron chi connectivity index (χ2n) is 8.56. The molecule has 0 saturated carbocycles. The van der Waals surface area contributed by atoms with Crippen LogP contribution in [0, 0.1) is 11.8 Å². The Morgan fingerprint density at radius 3 is 2.76 bits per heavy atom. The van der Waals surface area contributed by atoms with E-state index in [9.17, 15) is 0 Å². The maximum Gasteiger partial charge on any atom is 0.190 e. The lowest BCUT2D eigenvalue weighted by molar-refractivity contribution is 0.191. The number of benzene rings is 1. The molecule has 0 aliphatic carbocycles. The first-order chi connectivity index (χ1) is 14.2. The van der Waals surface area contributed by atoms with Crippen molar-refractivity contribution in [2.75, 3.05) is 64.9 Å². The van der Waals surface area contributed by atoms with E-state index in [1.54, 1.807) is 7.11 Å². The normalized spacial score (nSPS) is 21.4. The number of anilines is 1. The summed E-state index contributed by atoms with van der Waals surface area (Å²) in [7, 11) is 3.58. The molecule has 2 N–H and O–H groups in total. The minimum atomic E-state index is 0.634. The first-order valence-corrected chi connectivity index (χ1v) is 11.2. The van der Waals surface area contributed by atoms with Crippen molar-refractivity contribution >= 4 is 11.6 Å². The van der Waals surface area contributed by atoms with Crippen LogP contribution in [-0.2, 0) is 0 Å². The van der Waals surface area contributed by atoms with Gasteiger partial charge in [0.05, 0.1) is 7.11 Å². The molecule has 0 aromatic heterocycles. The smallest absolute Gasteiger partial charge is 0.190 e. The van der Waals surface area contributed by atoms with Gasteiger partial charge in [-0.3, -0.25) is 4.99 Å². The molecule has 1 aromatic rings. The SMILES string of the molecule is CN=C(NCCCN1CCC(C)CC1)NCC1CCN(c2cccc(OC)c2)C1. The number of likely N-dealkylation sites (tertiary alicyclic amines) is 1. The van der Waals surface area contributed by atoms with Gasteiger partial charge in [0.25, 0.3) is 0 Å². The lowest BCUT2D eigenvalue weighted by atomic mass is 9.99. The topological polar surface area (TPSA) is 52.1 Å². The average Bonchev–Trinajstić information content (AvgIpc) is 3.23. The van der Waals surface area contributed by atoms with Crippen molar-refractivity contribution in [3.8, 4) is 5.75 Å². The Morgan fingerprint density at radius 1 is 1.17 bits per heavy atom. The molecule has 3 rings (SSSR count). The van der Waals surface area contributed by atoms with Crippen LogP contribution in [0.15, 0.2) is 29.3 Å². The zero-order valence-electron chi connectivity index (χ0n) is 18.5. The number of hydrogen-bond donors (Lipinski definition) is 2. The van der Waals surface area contributed by atoms with Crippen molar-refractivity contribution in [3.05, 3.63) is 24.3 Å². The lowest BCUT2D eigenvalue weighted by Gasteiger charge is -2.30. The third kappa shape index (κ3) is 6.81. The Kier molecular flexibility index (Phi) is 8.47. The maximum atomic E-state index is 5.36. The van der Waals surface area contributed by atoms with Crippen LogP contribution in [0.5, 0.6) is 5.75 Å². The quantitative estimate of drug-likeness (QED) is 0.399. The molecule has 2 saturated heterocycles. The van der Waals surface area contributed by atoms with Gasteiger partial charge >= 0.3 is 0 Å². The van der Waals surface area contributed by atoms with E-state index in [2.05, 4.69) is 50.5 Å². The highest BCUT2D eigenvalue weighted by molar-refractivity contribution is 5.79. The van der Waals surface area contributed by atoms with Gasteiger partial charge in [-0.25, -0.2) is 0 Å². The highest BCUT2D eigenvalue weighted by Crippen LogP contribution is 2.26. The van der Waals surface area contributed by atoms with Crippen molar-refractivity contribution in [2.45, 2.75) is 32.6 Å². The molecule has 1 aromatic carbocycles. The summed E-state index contributed by atoms with van der Waals surface area (Å²) in [6, 6.07) is 8.36. The van der Waals surface area contributed by atoms with Gasteiger partial charge in [0, 0.05) is 45.0 Å². The number of rotatable bonds is 8. The van der Waals surface area contributed by atoms with Crippen LogP contribution in [0.3, 0.4) is 0 Å². The second-order valence-corrected chi connectivity index (χ2v) is 8.56. The summed E-state index contributed by atoms with van der Waals surface area (Å²) in [6.45, 7) is 10.2. The first-order valence-electron chi connectivity index (χ1n) is 11.2. The highest BCUT2D eigenvalue weighted by atomic mass is 16.5. The number of hydrogen-bond acceptors (Lipinski definition) is 4. The number of ether oxygens (including phenoxy) is 1. The second kappa shape index (κ2) is 11.3. The summed E-state index contributed by atoms with van der Waals surface area (Å²) in [5.41, 5.74) is 1.25. The molecule has 2 aliphatic heterocycles. The van der Waals surface area contributed by atoms with E-state index in [4.69, 9.17) is 4.74 Å². The van der Waals surface area contributed by atoms with Gasteiger partial charge in [0.15, 0.2) is 5.96 Å². The van der Waals surface area contributed by atoms with E-state index >= 15 is 0 Å². The van der Waals surface area contributed by atoms with Crippen molar-refractivity contribution in [2.24, 2.45) is 16.8 Å². The van der Waals surface area contributed by atoms with Crippen molar-refractivity contribution in [1.82, 2.24) is 15.5 Å². The number of guanidine groups is 1. The third-order valence-corrected chi connectivity index (χ3v) is 6.31. The molecule has 29 heavy (non-hydrogen) atoms. The van der Waals surface area contributed by atoms with Crippen LogP contribution in [0.4, 0.5) is 5.69 Å². The fraction of sp³-hybridized carbons (Fsp3) is 0.696. The van der Waals surface area contributed by atoms with Crippen LogP contribution in [0.1, 0.15) is 32.6 Å². The molecule has 2 aliphatic rings. The largest absolute Gasteiger partial charge is 0.497 e. The van der Waals surface area contributed by atoms with Gasteiger partial charge in [-0.05, 0) is 69.3 Å². The standard InChI is InChI=1S/C23H39N5O/c1-19-8-13-27(14-9-19)12-5-11-25-23(24-2)26-17-20-10-15-28(18-20)21-6-4-7-22(16-21)29-3/h4,6-7,16,19-20H,5,8-15,17-18H2,1-3H3,(H2,24,25,26). The van der Waals surface area contributed by atoms with Gasteiger partial charge in [-0.1, -0.05) is 13.0 Å². The maximum absolute atomic E-state index is 5.36. The van der Waals surface area contributed by atoms with Crippen LogP contribution >= 0.6 is 0 Å². The fourth-order valence-electron chi connectivity index (χ4n) is 4.30. The molecular weight excluding hydrogens is 362 g/mol. The molecule has 2 heterocycles. The summed E-state index contributed by atoms with van der Waals surface area (Å²) in [6.07, 6.45) is 5.08. The summed E-state index contributed by atoms with van der Waals surface area (Å²) in [4.78, 5) is 9.44. The molecule has 162 valence electrons. The summed E-state index contributed by atoms with van der Waals surface area (Å²) < 4.78 is 5.36. The molecule has 1 atom stereocenters. The Labute approximate surface area is 176 Å². The summed E-state index contributed by atoms with van der Waals surface area (Å²) >= 11 is 0. The number of methoxy groups -OCH3 is 1. The molecule has 0 amide bonds. The summed E-state index contributed by atoms with van der Waals surface area (Å²) in [5, 5.41) is 7.01. The Hall–Kier alpha value is -1.95. The molecule has 0 radical (unpaired) electrons. The van der Waals surface area contributed by atoms with Crippen LogP contribution in [-0.4, -0.2) is 70.8 Å². The first kappa shape index (κ1) is 21.8. The number of nitrogens with one attached hydrogen (secondary N) is 2. The van der Waals surface area contributed by atoms with E-state index in [-0.39, 0.29) is 0 Å².